The monoisotopic (exact) mass is 379 g/mol. The Morgan fingerprint density at radius 2 is 2.00 bits per heavy atom. The minimum atomic E-state index is 0.807. The molecule has 0 N–H and O–H groups in total. The van der Waals surface area contributed by atoms with Gasteiger partial charge in [0.25, 0.3) is 0 Å². The van der Waals surface area contributed by atoms with Gasteiger partial charge in [-0.3, -0.25) is 9.88 Å². The van der Waals surface area contributed by atoms with E-state index in [0.717, 1.165) is 48.2 Å². The first-order valence-electron chi connectivity index (χ1n) is 10.0. The van der Waals surface area contributed by atoms with Crippen LogP contribution in [-0.2, 0) is 12.8 Å². The van der Waals surface area contributed by atoms with E-state index in [1.54, 1.807) is 6.20 Å². The molecular weight excluding hydrogens is 354 g/mol. The van der Waals surface area contributed by atoms with Gasteiger partial charge in [-0.1, -0.05) is 6.92 Å². The first-order valence-corrected chi connectivity index (χ1v) is 10.8. The molecule has 0 aromatic carbocycles. The normalized spacial score (nSPS) is 17.6. The zero-order chi connectivity index (χ0) is 18.2. The SMILES string of the molecule is CCCN1CCN(c2nc(-c3cccnc3)nc3sc4c(c23)CCC4)CC1. The smallest absolute Gasteiger partial charge is 0.164 e. The summed E-state index contributed by atoms with van der Waals surface area (Å²) in [6.45, 7) is 7.78. The highest BCUT2D eigenvalue weighted by atomic mass is 32.1. The minimum Gasteiger partial charge on any atom is -0.353 e. The van der Waals surface area contributed by atoms with E-state index in [9.17, 15) is 0 Å². The molecule has 3 aromatic rings. The fourth-order valence-corrected chi connectivity index (χ4v) is 5.58. The van der Waals surface area contributed by atoms with Crippen LogP contribution in [-0.4, -0.2) is 52.6 Å². The van der Waals surface area contributed by atoms with Gasteiger partial charge < -0.3 is 4.90 Å². The number of thiophene rings is 1. The predicted molar refractivity (Wildman–Crippen MR) is 112 cm³/mol. The third kappa shape index (κ3) is 3.11. The number of piperazine rings is 1. The van der Waals surface area contributed by atoms with Crippen LogP contribution in [0.15, 0.2) is 24.5 Å². The molecule has 0 amide bonds. The van der Waals surface area contributed by atoms with Gasteiger partial charge in [0.05, 0.1) is 5.39 Å². The summed E-state index contributed by atoms with van der Waals surface area (Å²) < 4.78 is 0. The molecule has 4 heterocycles. The van der Waals surface area contributed by atoms with Gasteiger partial charge in [-0.05, 0) is 49.9 Å². The lowest BCUT2D eigenvalue weighted by atomic mass is 10.1. The highest BCUT2D eigenvalue weighted by Crippen LogP contribution is 2.41. The van der Waals surface area contributed by atoms with Crippen LogP contribution in [0.2, 0.25) is 0 Å². The molecule has 0 saturated carbocycles. The van der Waals surface area contributed by atoms with Crippen LogP contribution in [0.4, 0.5) is 5.82 Å². The highest BCUT2D eigenvalue weighted by molar-refractivity contribution is 7.19. The third-order valence-corrected chi connectivity index (χ3v) is 6.86. The Morgan fingerprint density at radius 1 is 1.11 bits per heavy atom. The van der Waals surface area contributed by atoms with Crippen molar-refractivity contribution in [3.05, 3.63) is 35.0 Å². The summed E-state index contributed by atoms with van der Waals surface area (Å²) in [5.41, 5.74) is 2.51. The number of fused-ring (bicyclic) bond motifs is 3. The second-order valence-electron chi connectivity index (χ2n) is 7.48. The fourth-order valence-electron chi connectivity index (χ4n) is 4.33. The number of hydrogen-bond donors (Lipinski definition) is 0. The summed E-state index contributed by atoms with van der Waals surface area (Å²) >= 11 is 1.87. The van der Waals surface area contributed by atoms with E-state index in [4.69, 9.17) is 9.97 Å². The van der Waals surface area contributed by atoms with Gasteiger partial charge in [-0.2, -0.15) is 0 Å². The molecule has 0 atom stereocenters. The lowest BCUT2D eigenvalue weighted by Gasteiger charge is -2.35. The van der Waals surface area contributed by atoms with Gasteiger partial charge in [-0.15, -0.1) is 11.3 Å². The molecule has 140 valence electrons. The molecule has 6 heteroatoms. The van der Waals surface area contributed by atoms with Crippen LogP contribution in [0.1, 0.15) is 30.2 Å². The van der Waals surface area contributed by atoms with Gasteiger partial charge in [0.2, 0.25) is 0 Å². The van der Waals surface area contributed by atoms with E-state index in [0.29, 0.717) is 0 Å². The standard InChI is InChI=1S/C21H25N5S/c1-2-9-25-10-12-26(13-11-25)20-18-16-6-3-7-17(16)27-21(18)24-19(23-20)15-5-4-8-22-14-15/h4-5,8,14H,2-3,6-7,9-13H2,1H3. The number of rotatable bonds is 4. The lowest BCUT2D eigenvalue weighted by Crippen LogP contribution is -2.47. The van der Waals surface area contributed by atoms with E-state index >= 15 is 0 Å². The summed E-state index contributed by atoms with van der Waals surface area (Å²) in [5, 5.41) is 1.32. The van der Waals surface area contributed by atoms with E-state index in [1.807, 2.05) is 23.6 Å². The molecule has 3 aromatic heterocycles. The molecule has 0 radical (unpaired) electrons. The summed E-state index contributed by atoms with van der Waals surface area (Å²) in [5.74, 6) is 1.95. The van der Waals surface area contributed by atoms with Gasteiger partial charge in [0.1, 0.15) is 10.6 Å². The Morgan fingerprint density at radius 3 is 2.78 bits per heavy atom. The Kier molecular flexibility index (Phi) is 4.53. The first kappa shape index (κ1) is 17.1. The fraction of sp³-hybridized carbons (Fsp3) is 0.476. The molecule has 1 fully saturated rings. The van der Waals surface area contributed by atoms with E-state index < -0.39 is 0 Å². The Bertz CT molecular complexity index is 944. The molecule has 1 aliphatic heterocycles. The molecule has 1 saturated heterocycles. The topological polar surface area (TPSA) is 45.2 Å². The predicted octanol–water partition coefficient (Wildman–Crippen LogP) is 3.77. The van der Waals surface area contributed by atoms with Crippen molar-refractivity contribution in [2.45, 2.75) is 32.6 Å². The number of nitrogens with zero attached hydrogens (tertiary/aromatic N) is 5. The summed E-state index contributed by atoms with van der Waals surface area (Å²) in [4.78, 5) is 22.0. The van der Waals surface area contributed by atoms with Crippen LogP contribution < -0.4 is 4.90 Å². The number of aromatic nitrogens is 3. The molecule has 27 heavy (non-hydrogen) atoms. The quantitative estimate of drug-likeness (QED) is 0.690. The van der Waals surface area contributed by atoms with Gasteiger partial charge >= 0.3 is 0 Å². The maximum absolute atomic E-state index is 5.08. The number of pyridine rings is 1. The van der Waals surface area contributed by atoms with E-state index in [1.165, 1.54) is 48.1 Å². The highest BCUT2D eigenvalue weighted by Gasteiger charge is 2.26. The van der Waals surface area contributed by atoms with Crippen LogP contribution in [0.5, 0.6) is 0 Å². The number of aryl methyl sites for hydroxylation is 2. The molecule has 1 aliphatic carbocycles. The molecule has 0 bridgehead atoms. The second-order valence-corrected chi connectivity index (χ2v) is 8.56. The van der Waals surface area contributed by atoms with Crippen molar-refractivity contribution in [3.8, 4) is 11.4 Å². The van der Waals surface area contributed by atoms with Gasteiger partial charge in [0, 0.05) is 49.0 Å². The maximum Gasteiger partial charge on any atom is 0.164 e. The largest absolute Gasteiger partial charge is 0.353 e. The summed E-state index contributed by atoms with van der Waals surface area (Å²) in [6, 6.07) is 4.01. The van der Waals surface area contributed by atoms with Gasteiger partial charge in [-0.25, -0.2) is 9.97 Å². The molecule has 5 rings (SSSR count). The van der Waals surface area contributed by atoms with Crippen molar-refractivity contribution >= 4 is 27.4 Å². The summed E-state index contributed by atoms with van der Waals surface area (Å²) in [6.07, 6.45) is 8.53. The molecular formula is C21H25N5S. The van der Waals surface area contributed by atoms with Gasteiger partial charge in [0.15, 0.2) is 5.82 Å². The molecule has 0 spiro atoms. The second kappa shape index (κ2) is 7.17. The van der Waals surface area contributed by atoms with Crippen molar-refractivity contribution in [3.63, 3.8) is 0 Å². The number of hydrogen-bond acceptors (Lipinski definition) is 6. The van der Waals surface area contributed by atoms with E-state index in [2.05, 4.69) is 27.8 Å². The Hall–Kier alpha value is -2.05. The van der Waals surface area contributed by atoms with E-state index in [-0.39, 0.29) is 0 Å². The lowest BCUT2D eigenvalue weighted by molar-refractivity contribution is 0.258. The molecule has 5 nitrogen and oxygen atoms in total. The average Bonchev–Trinajstić information content (AvgIpc) is 3.30. The summed E-state index contributed by atoms with van der Waals surface area (Å²) in [7, 11) is 0. The molecule has 0 unspecified atom stereocenters. The Balaban J connectivity index is 1.59. The minimum absolute atomic E-state index is 0.807. The van der Waals surface area contributed by atoms with Crippen molar-refractivity contribution in [1.29, 1.82) is 0 Å². The van der Waals surface area contributed by atoms with Crippen LogP contribution in [0, 0.1) is 0 Å². The van der Waals surface area contributed by atoms with Crippen LogP contribution >= 0.6 is 11.3 Å². The van der Waals surface area contributed by atoms with Crippen LogP contribution in [0.25, 0.3) is 21.6 Å². The van der Waals surface area contributed by atoms with Crippen molar-refractivity contribution in [2.75, 3.05) is 37.6 Å². The Labute approximate surface area is 164 Å². The zero-order valence-corrected chi connectivity index (χ0v) is 16.6. The maximum atomic E-state index is 5.08. The number of anilines is 1. The average molecular weight is 380 g/mol. The zero-order valence-electron chi connectivity index (χ0n) is 15.8. The first-order chi connectivity index (χ1) is 13.3. The van der Waals surface area contributed by atoms with Crippen molar-refractivity contribution in [1.82, 2.24) is 19.9 Å². The van der Waals surface area contributed by atoms with Crippen molar-refractivity contribution < 1.29 is 0 Å². The van der Waals surface area contributed by atoms with Crippen LogP contribution in [0.3, 0.4) is 0 Å². The third-order valence-electron chi connectivity index (χ3n) is 5.68. The van der Waals surface area contributed by atoms with Crippen molar-refractivity contribution in [2.24, 2.45) is 0 Å². The molecule has 2 aliphatic rings.